The summed E-state index contributed by atoms with van der Waals surface area (Å²) in [5.74, 6) is 0. The van der Waals surface area contributed by atoms with E-state index in [2.05, 4.69) is 156 Å². The van der Waals surface area contributed by atoms with Gasteiger partial charge in [0.05, 0.1) is 10.8 Å². The van der Waals surface area contributed by atoms with E-state index in [0.29, 0.717) is 0 Å². The minimum Gasteiger partial charge on any atom is -0.242 e. The zero-order valence-electron chi connectivity index (χ0n) is 26.5. The van der Waals surface area contributed by atoms with Gasteiger partial charge in [0.1, 0.15) is 11.0 Å². The van der Waals surface area contributed by atoms with E-state index in [9.17, 15) is 4.21 Å². The van der Waals surface area contributed by atoms with Crippen molar-refractivity contribution in [1.82, 2.24) is 4.31 Å². The van der Waals surface area contributed by atoms with Gasteiger partial charge >= 0.3 is 0 Å². The number of fused-ring (bicyclic) bond motifs is 1. The third-order valence-corrected chi connectivity index (χ3v) is 13.1. The molecule has 0 aromatic heterocycles. The number of hydrogen-bond acceptors (Lipinski definition) is 1. The number of benzene rings is 4. The van der Waals surface area contributed by atoms with E-state index in [-0.39, 0.29) is 21.6 Å². The fourth-order valence-corrected chi connectivity index (χ4v) is 10.2. The second-order valence-corrected chi connectivity index (χ2v) is 18.4. The van der Waals surface area contributed by atoms with Gasteiger partial charge in [-0.3, -0.25) is 0 Å². The second-order valence-electron chi connectivity index (χ2n) is 13.9. The third kappa shape index (κ3) is 6.07. The Labute approximate surface area is 257 Å². The molecule has 42 heavy (non-hydrogen) atoms. The summed E-state index contributed by atoms with van der Waals surface area (Å²) >= 11 is 0. The van der Waals surface area contributed by atoms with E-state index in [1.807, 2.05) is 7.05 Å². The van der Waals surface area contributed by atoms with E-state index in [1.165, 1.54) is 44.6 Å². The van der Waals surface area contributed by atoms with Gasteiger partial charge in [0.25, 0.3) is 0 Å². The van der Waals surface area contributed by atoms with Crippen molar-refractivity contribution in [1.29, 1.82) is 0 Å². The minimum atomic E-state index is -1.22. The van der Waals surface area contributed by atoms with Crippen LogP contribution >= 0.6 is 7.92 Å². The summed E-state index contributed by atoms with van der Waals surface area (Å²) < 4.78 is 15.9. The molecule has 2 nitrogen and oxygen atoms in total. The van der Waals surface area contributed by atoms with Gasteiger partial charge in [-0.25, -0.2) is 8.51 Å². The quantitative estimate of drug-likeness (QED) is 0.197. The molecule has 2 atom stereocenters. The lowest BCUT2D eigenvalue weighted by Crippen LogP contribution is -2.40. The molecule has 0 radical (unpaired) electrons. The molecule has 1 aliphatic carbocycles. The molecule has 0 saturated heterocycles. The number of hydrogen-bond donors (Lipinski definition) is 0. The number of nitrogens with zero attached hydrogens (tertiary/aromatic N) is 1. The maximum Gasteiger partial charge on any atom is 0.100 e. The zero-order valence-corrected chi connectivity index (χ0v) is 28.2. The second kappa shape index (κ2) is 11.8. The third-order valence-electron chi connectivity index (χ3n) is 8.84. The lowest BCUT2D eigenvalue weighted by molar-refractivity contribution is 0.330. The van der Waals surface area contributed by atoms with Crippen LogP contribution in [0.4, 0.5) is 0 Å². The molecule has 220 valence electrons. The van der Waals surface area contributed by atoms with Crippen molar-refractivity contribution in [2.45, 2.75) is 82.9 Å². The molecule has 1 aliphatic rings. The van der Waals surface area contributed by atoms with Crippen molar-refractivity contribution in [3.05, 3.63) is 125 Å². The van der Waals surface area contributed by atoms with E-state index in [1.54, 1.807) is 0 Å². The maximum absolute atomic E-state index is 14.1. The van der Waals surface area contributed by atoms with Gasteiger partial charge in [0.15, 0.2) is 0 Å². The van der Waals surface area contributed by atoms with Gasteiger partial charge in [-0.05, 0) is 90.5 Å². The lowest BCUT2D eigenvalue weighted by Gasteiger charge is -2.43. The molecule has 0 heterocycles. The van der Waals surface area contributed by atoms with Crippen LogP contribution in [0.1, 0.15) is 89.6 Å². The summed E-state index contributed by atoms with van der Waals surface area (Å²) in [6, 6.07) is 37.6. The average molecular weight is 596 g/mol. The van der Waals surface area contributed by atoms with Gasteiger partial charge in [0, 0.05) is 7.05 Å². The Kier molecular flexibility index (Phi) is 8.70. The standard InChI is InChI=1S/C38H46NOPS/c1-36(2,3)42(40)39(8)35(28-23-24-32-33(27-28)38(6,7)26-25-37(32,4)5)31-21-15-16-22-34(31)41(29-17-11-9-12-18-29)30-19-13-10-14-20-30/h9-24,27,35H,25-26H2,1-8H3/t35-,42?/m1/s1. The van der Waals surface area contributed by atoms with Gasteiger partial charge < -0.3 is 0 Å². The monoisotopic (exact) mass is 595 g/mol. The van der Waals surface area contributed by atoms with Crippen LogP contribution in [0, 0.1) is 0 Å². The highest BCUT2D eigenvalue weighted by Crippen LogP contribution is 2.47. The summed E-state index contributed by atoms with van der Waals surface area (Å²) in [4.78, 5) is 0. The van der Waals surface area contributed by atoms with Crippen molar-refractivity contribution in [2.75, 3.05) is 7.05 Å². The van der Waals surface area contributed by atoms with Crippen LogP contribution < -0.4 is 15.9 Å². The molecule has 1 unspecified atom stereocenters. The van der Waals surface area contributed by atoms with E-state index in [4.69, 9.17) is 0 Å². The lowest BCUT2D eigenvalue weighted by atomic mass is 9.63. The Balaban J connectivity index is 1.76. The van der Waals surface area contributed by atoms with Gasteiger partial charge in [-0.2, -0.15) is 0 Å². The Hall–Kier alpha value is -2.58. The van der Waals surface area contributed by atoms with E-state index in [0.717, 1.165) is 6.42 Å². The molecule has 4 heteroatoms. The molecule has 0 amide bonds. The molecular formula is C38H46NOPS. The Morgan fingerprint density at radius 1 is 0.714 bits per heavy atom. The first-order chi connectivity index (χ1) is 19.8. The summed E-state index contributed by atoms with van der Waals surface area (Å²) in [7, 11) is -0.00419. The first-order valence-corrected chi connectivity index (χ1v) is 17.5. The topological polar surface area (TPSA) is 20.3 Å². The molecule has 0 bridgehead atoms. The SMILES string of the molecule is CN([C@H](c1ccc2c(c1)C(C)(C)CCC2(C)C)c1ccccc1P(c1ccccc1)c1ccccc1)S(=O)C(C)(C)C. The highest BCUT2D eigenvalue weighted by atomic mass is 32.2. The normalized spacial score (nSPS) is 17.6. The smallest absolute Gasteiger partial charge is 0.100 e. The largest absolute Gasteiger partial charge is 0.242 e. The molecule has 5 rings (SSSR count). The Bertz CT molecular complexity index is 1520. The maximum atomic E-state index is 14.1. The van der Waals surface area contributed by atoms with Crippen LogP contribution in [0.2, 0.25) is 0 Å². The van der Waals surface area contributed by atoms with Crippen molar-refractivity contribution >= 4 is 34.8 Å². The summed E-state index contributed by atoms with van der Waals surface area (Å²) in [6.45, 7) is 15.7. The van der Waals surface area contributed by atoms with Crippen LogP contribution in [-0.2, 0) is 21.8 Å². The highest BCUT2D eigenvalue weighted by Gasteiger charge is 2.39. The fraction of sp³-hybridized carbons (Fsp3) is 0.368. The van der Waals surface area contributed by atoms with Crippen LogP contribution in [0.5, 0.6) is 0 Å². The molecule has 0 aliphatic heterocycles. The van der Waals surface area contributed by atoms with Crippen molar-refractivity contribution in [2.24, 2.45) is 0 Å². The molecule has 0 fully saturated rings. The van der Waals surface area contributed by atoms with Crippen molar-refractivity contribution in [3.63, 3.8) is 0 Å². The van der Waals surface area contributed by atoms with Crippen LogP contribution in [0.15, 0.2) is 103 Å². The van der Waals surface area contributed by atoms with Crippen LogP contribution in [0.25, 0.3) is 0 Å². The van der Waals surface area contributed by atoms with Crippen molar-refractivity contribution < 1.29 is 4.21 Å². The molecule has 4 aromatic carbocycles. The Morgan fingerprint density at radius 3 is 1.76 bits per heavy atom. The fourth-order valence-electron chi connectivity index (χ4n) is 6.39. The van der Waals surface area contributed by atoms with Gasteiger partial charge in [-0.1, -0.05) is 131 Å². The minimum absolute atomic E-state index is 0.0907. The Morgan fingerprint density at radius 2 is 1.21 bits per heavy atom. The average Bonchev–Trinajstić information content (AvgIpc) is 2.97. The highest BCUT2D eigenvalue weighted by molar-refractivity contribution is 7.84. The van der Waals surface area contributed by atoms with Crippen LogP contribution in [0.3, 0.4) is 0 Å². The zero-order chi connectivity index (χ0) is 30.3. The molecule has 4 aromatic rings. The summed E-state index contributed by atoms with van der Waals surface area (Å²) in [5, 5.41) is 3.95. The number of rotatable bonds is 7. The van der Waals surface area contributed by atoms with Gasteiger partial charge in [0.2, 0.25) is 0 Å². The predicted octanol–water partition coefficient (Wildman–Crippen LogP) is 8.28. The van der Waals surface area contributed by atoms with Crippen LogP contribution in [-0.4, -0.2) is 20.3 Å². The van der Waals surface area contributed by atoms with Gasteiger partial charge in [-0.15, -0.1) is 0 Å². The van der Waals surface area contributed by atoms with E-state index >= 15 is 0 Å². The summed E-state index contributed by atoms with van der Waals surface area (Å²) in [6.07, 6.45) is 2.35. The van der Waals surface area contributed by atoms with Crippen molar-refractivity contribution in [3.8, 4) is 0 Å². The van der Waals surface area contributed by atoms with E-state index < -0.39 is 18.9 Å². The first-order valence-electron chi connectivity index (χ1n) is 15.1. The molecule has 0 saturated carbocycles. The summed E-state index contributed by atoms with van der Waals surface area (Å²) in [5.41, 5.74) is 5.55. The molecule has 0 N–H and O–H groups in total. The molecular weight excluding hydrogens is 549 g/mol. The predicted molar refractivity (Wildman–Crippen MR) is 184 cm³/mol. The molecule has 0 spiro atoms. The first kappa shape index (κ1) is 30.9.